The van der Waals surface area contributed by atoms with Gasteiger partial charge in [0, 0.05) is 17.9 Å². The van der Waals surface area contributed by atoms with Crippen molar-refractivity contribution in [2.45, 2.75) is 18.9 Å². The van der Waals surface area contributed by atoms with E-state index in [-0.39, 0.29) is 29.7 Å². The van der Waals surface area contributed by atoms with E-state index in [0.717, 1.165) is 16.9 Å². The number of phenols is 2. The van der Waals surface area contributed by atoms with Crippen molar-refractivity contribution in [3.8, 4) is 11.5 Å². The van der Waals surface area contributed by atoms with E-state index in [9.17, 15) is 15.0 Å². The van der Waals surface area contributed by atoms with E-state index in [0.29, 0.717) is 12.4 Å². The predicted molar refractivity (Wildman–Crippen MR) is 84.9 cm³/mol. The third kappa shape index (κ3) is 2.40. The van der Waals surface area contributed by atoms with Gasteiger partial charge in [-0.1, -0.05) is 6.07 Å². The molecule has 1 aliphatic rings. The van der Waals surface area contributed by atoms with Crippen LogP contribution in [-0.4, -0.2) is 25.9 Å². The van der Waals surface area contributed by atoms with E-state index >= 15 is 0 Å². The van der Waals surface area contributed by atoms with Gasteiger partial charge < -0.3 is 19.9 Å². The van der Waals surface area contributed by atoms with Gasteiger partial charge in [-0.3, -0.25) is 4.79 Å². The maximum atomic E-state index is 12.1. The van der Waals surface area contributed by atoms with Crippen molar-refractivity contribution in [1.82, 2.24) is 9.78 Å². The summed E-state index contributed by atoms with van der Waals surface area (Å²) in [5.74, 6) is 0.613. The number of benzene rings is 1. The minimum absolute atomic E-state index is 0.124. The minimum Gasteiger partial charge on any atom is -0.504 e. The summed E-state index contributed by atoms with van der Waals surface area (Å²) in [5, 5.41) is 26.4. The van der Waals surface area contributed by atoms with Crippen LogP contribution in [0.1, 0.15) is 29.2 Å². The van der Waals surface area contributed by atoms with Crippen molar-refractivity contribution in [2.75, 3.05) is 5.32 Å². The molecule has 3 aromatic rings. The molecule has 2 aromatic heterocycles. The molecule has 3 heterocycles. The molecule has 4 rings (SSSR count). The number of phenolic OH excluding ortho intramolecular Hbond substituents is 2. The first-order valence-corrected chi connectivity index (χ1v) is 7.51. The normalized spacial score (nSPS) is 16.7. The summed E-state index contributed by atoms with van der Waals surface area (Å²) in [6, 6.07) is 8.24. The monoisotopic (exact) mass is 325 g/mol. The number of amides is 1. The summed E-state index contributed by atoms with van der Waals surface area (Å²) in [7, 11) is 0. The van der Waals surface area contributed by atoms with Gasteiger partial charge in [0.15, 0.2) is 11.5 Å². The Balaban J connectivity index is 1.73. The molecule has 0 unspecified atom stereocenters. The number of carbonyl (C=O) groups is 1. The smallest absolute Gasteiger partial charge is 0.226 e. The fourth-order valence-corrected chi connectivity index (χ4v) is 2.99. The predicted octanol–water partition coefficient (Wildman–Crippen LogP) is 2.41. The van der Waals surface area contributed by atoms with Crippen LogP contribution in [-0.2, 0) is 11.3 Å². The first kappa shape index (κ1) is 14.4. The largest absolute Gasteiger partial charge is 0.504 e. The van der Waals surface area contributed by atoms with Gasteiger partial charge in [-0.05, 0) is 29.8 Å². The molecule has 1 atom stereocenters. The molecule has 1 aliphatic heterocycles. The number of carbonyl (C=O) groups excluding carboxylic acids is 1. The summed E-state index contributed by atoms with van der Waals surface area (Å²) in [5.41, 5.74) is 1.62. The van der Waals surface area contributed by atoms with Crippen LogP contribution in [0.15, 0.2) is 47.2 Å². The quantitative estimate of drug-likeness (QED) is 0.642. The lowest BCUT2D eigenvalue weighted by molar-refractivity contribution is -0.116. The van der Waals surface area contributed by atoms with Crippen molar-refractivity contribution in [1.29, 1.82) is 0 Å². The van der Waals surface area contributed by atoms with E-state index in [2.05, 4.69) is 10.4 Å². The SMILES string of the molecule is O=C1C[C@@H](c2ccc(O)c(O)c2)c2cnn(Cc3ccco3)c2N1. The number of anilines is 1. The van der Waals surface area contributed by atoms with Crippen LogP contribution in [0.5, 0.6) is 11.5 Å². The summed E-state index contributed by atoms with van der Waals surface area (Å²) in [6.45, 7) is 0.413. The zero-order chi connectivity index (χ0) is 16.7. The molecule has 1 aromatic carbocycles. The Morgan fingerprint density at radius 3 is 2.92 bits per heavy atom. The number of aromatic hydroxyl groups is 2. The van der Waals surface area contributed by atoms with Crippen molar-refractivity contribution >= 4 is 11.7 Å². The average molecular weight is 325 g/mol. The zero-order valence-corrected chi connectivity index (χ0v) is 12.6. The van der Waals surface area contributed by atoms with Gasteiger partial charge >= 0.3 is 0 Å². The molecule has 7 heteroatoms. The Bertz CT molecular complexity index is 899. The van der Waals surface area contributed by atoms with Crippen LogP contribution in [0.4, 0.5) is 5.82 Å². The molecule has 0 saturated carbocycles. The lowest BCUT2D eigenvalue weighted by Crippen LogP contribution is -2.25. The number of hydrogen-bond acceptors (Lipinski definition) is 5. The third-order valence-electron chi connectivity index (χ3n) is 4.18. The molecule has 1 amide bonds. The molecule has 3 N–H and O–H groups in total. The van der Waals surface area contributed by atoms with E-state index in [1.807, 2.05) is 6.07 Å². The van der Waals surface area contributed by atoms with Crippen LogP contribution >= 0.6 is 0 Å². The first-order chi connectivity index (χ1) is 11.6. The highest BCUT2D eigenvalue weighted by atomic mass is 16.3. The number of aromatic nitrogens is 2. The van der Waals surface area contributed by atoms with Gasteiger partial charge in [-0.15, -0.1) is 0 Å². The highest BCUT2D eigenvalue weighted by Crippen LogP contribution is 2.39. The van der Waals surface area contributed by atoms with Crippen LogP contribution in [0.3, 0.4) is 0 Å². The maximum Gasteiger partial charge on any atom is 0.226 e. The van der Waals surface area contributed by atoms with Crippen molar-refractivity contribution in [3.05, 3.63) is 59.7 Å². The molecular weight excluding hydrogens is 310 g/mol. The Hall–Kier alpha value is -3.22. The van der Waals surface area contributed by atoms with Gasteiger partial charge in [-0.25, -0.2) is 4.68 Å². The second-order valence-electron chi connectivity index (χ2n) is 5.74. The molecule has 0 aliphatic carbocycles. The zero-order valence-electron chi connectivity index (χ0n) is 12.6. The van der Waals surface area contributed by atoms with Crippen molar-refractivity contribution < 1.29 is 19.4 Å². The first-order valence-electron chi connectivity index (χ1n) is 7.51. The average Bonchev–Trinajstić information content (AvgIpc) is 3.20. The maximum absolute atomic E-state index is 12.1. The van der Waals surface area contributed by atoms with Crippen molar-refractivity contribution in [2.24, 2.45) is 0 Å². The number of furan rings is 1. The standard InChI is InChI=1S/C17H15N3O4/c21-14-4-3-10(6-15(14)22)12-7-16(23)19-17-13(12)8-18-20(17)9-11-2-1-5-24-11/h1-6,8,12,21-22H,7,9H2,(H,19,23)/t12-/m0/s1. The van der Waals surface area contributed by atoms with E-state index in [1.54, 1.807) is 29.3 Å². The molecule has 24 heavy (non-hydrogen) atoms. The molecule has 122 valence electrons. The molecule has 0 fully saturated rings. The Morgan fingerprint density at radius 2 is 2.17 bits per heavy atom. The molecule has 0 radical (unpaired) electrons. The van der Waals surface area contributed by atoms with Crippen LogP contribution < -0.4 is 5.32 Å². The van der Waals surface area contributed by atoms with Crippen LogP contribution in [0.2, 0.25) is 0 Å². The number of fused-ring (bicyclic) bond motifs is 1. The molecule has 7 nitrogen and oxygen atoms in total. The summed E-state index contributed by atoms with van der Waals surface area (Å²) in [4.78, 5) is 12.1. The van der Waals surface area contributed by atoms with Crippen LogP contribution in [0, 0.1) is 0 Å². The number of rotatable bonds is 3. The molecule has 0 saturated heterocycles. The van der Waals surface area contributed by atoms with Crippen molar-refractivity contribution in [3.63, 3.8) is 0 Å². The number of hydrogen-bond donors (Lipinski definition) is 3. The molecular formula is C17H15N3O4. The fraction of sp³-hybridized carbons (Fsp3) is 0.176. The highest BCUT2D eigenvalue weighted by molar-refractivity contribution is 5.94. The number of nitrogens with zero attached hydrogens (tertiary/aromatic N) is 2. The van der Waals surface area contributed by atoms with Gasteiger partial charge in [0.2, 0.25) is 5.91 Å². The summed E-state index contributed by atoms with van der Waals surface area (Å²) >= 11 is 0. The van der Waals surface area contributed by atoms with E-state index in [1.165, 1.54) is 12.1 Å². The van der Waals surface area contributed by atoms with Gasteiger partial charge in [0.25, 0.3) is 0 Å². The van der Waals surface area contributed by atoms with Crippen LogP contribution in [0.25, 0.3) is 0 Å². The van der Waals surface area contributed by atoms with Gasteiger partial charge in [-0.2, -0.15) is 5.10 Å². The number of nitrogens with one attached hydrogen (secondary N) is 1. The fourth-order valence-electron chi connectivity index (χ4n) is 2.99. The van der Waals surface area contributed by atoms with E-state index in [4.69, 9.17) is 4.42 Å². The Kier molecular flexibility index (Phi) is 3.26. The Labute approximate surface area is 137 Å². The second kappa shape index (κ2) is 5.45. The summed E-state index contributed by atoms with van der Waals surface area (Å²) in [6.07, 6.45) is 3.56. The van der Waals surface area contributed by atoms with Gasteiger partial charge in [0.05, 0.1) is 12.5 Å². The topological polar surface area (TPSA) is 101 Å². The highest BCUT2D eigenvalue weighted by Gasteiger charge is 2.30. The molecule has 0 spiro atoms. The Morgan fingerprint density at radius 1 is 1.29 bits per heavy atom. The lowest BCUT2D eigenvalue weighted by Gasteiger charge is -2.23. The van der Waals surface area contributed by atoms with Gasteiger partial charge in [0.1, 0.15) is 18.1 Å². The minimum atomic E-state index is -0.231. The third-order valence-corrected chi connectivity index (χ3v) is 4.18. The van der Waals surface area contributed by atoms with E-state index < -0.39 is 0 Å². The second-order valence-corrected chi connectivity index (χ2v) is 5.74. The molecule has 0 bridgehead atoms. The summed E-state index contributed by atoms with van der Waals surface area (Å²) < 4.78 is 7.01. The lowest BCUT2D eigenvalue weighted by atomic mass is 9.87.